The zero-order valence-electron chi connectivity index (χ0n) is 10.6. The van der Waals surface area contributed by atoms with E-state index in [2.05, 4.69) is 43.3 Å². The predicted molar refractivity (Wildman–Crippen MR) is 71.0 cm³/mol. The number of nitrogens with zero attached hydrogens (tertiary/aromatic N) is 1. The van der Waals surface area contributed by atoms with Gasteiger partial charge in [-0.3, -0.25) is 0 Å². The molecule has 16 heavy (non-hydrogen) atoms. The van der Waals surface area contributed by atoms with Crippen LogP contribution in [0, 0.1) is 5.92 Å². The second-order valence-corrected chi connectivity index (χ2v) is 5.23. The second-order valence-electron chi connectivity index (χ2n) is 5.23. The summed E-state index contributed by atoms with van der Waals surface area (Å²) in [5.41, 5.74) is 2.92. The fourth-order valence-corrected chi connectivity index (χ4v) is 2.82. The van der Waals surface area contributed by atoms with E-state index >= 15 is 0 Å². The Morgan fingerprint density at radius 3 is 2.44 bits per heavy atom. The first-order valence-corrected chi connectivity index (χ1v) is 6.52. The molecule has 0 aromatic heterocycles. The van der Waals surface area contributed by atoms with Gasteiger partial charge in [0.15, 0.2) is 0 Å². The van der Waals surface area contributed by atoms with Crippen molar-refractivity contribution in [1.82, 2.24) is 0 Å². The lowest BCUT2D eigenvalue weighted by Crippen LogP contribution is -2.14. The van der Waals surface area contributed by atoms with Crippen LogP contribution in [0.25, 0.3) is 0 Å². The summed E-state index contributed by atoms with van der Waals surface area (Å²) in [4.78, 5) is 2.23. The second kappa shape index (κ2) is 5.38. The lowest BCUT2D eigenvalue weighted by atomic mass is 9.84. The number of hydrogen-bond donors (Lipinski definition) is 0. The normalized spacial score (nSPS) is 17.4. The van der Waals surface area contributed by atoms with E-state index in [9.17, 15) is 0 Å². The molecule has 1 nitrogen and oxygen atoms in total. The first kappa shape index (κ1) is 11.5. The molecule has 0 aliphatic heterocycles. The molecule has 0 radical (unpaired) electrons. The van der Waals surface area contributed by atoms with Crippen molar-refractivity contribution in [2.45, 2.75) is 38.5 Å². The van der Waals surface area contributed by atoms with Crippen LogP contribution in [0.15, 0.2) is 24.3 Å². The molecule has 0 unspecified atom stereocenters. The van der Waals surface area contributed by atoms with Gasteiger partial charge in [-0.15, -0.1) is 0 Å². The van der Waals surface area contributed by atoms with Crippen molar-refractivity contribution in [2.24, 2.45) is 5.92 Å². The Kier molecular flexibility index (Phi) is 3.87. The largest absolute Gasteiger partial charge is 0.377 e. The average molecular weight is 217 g/mol. The molecule has 0 saturated heterocycles. The minimum atomic E-state index is 0.926. The monoisotopic (exact) mass is 217 g/mol. The van der Waals surface area contributed by atoms with E-state index in [0.29, 0.717) is 0 Å². The van der Waals surface area contributed by atoms with E-state index < -0.39 is 0 Å². The molecule has 0 bridgehead atoms. The van der Waals surface area contributed by atoms with Crippen LogP contribution < -0.4 is 4.90 Å². The summed E-state index contributed by atoms with van der Waals surface area (Å²) >= 11 is 0. The fourth-order valence-electron chi connectivity index (χ4n) is 2.82. The minimum Gasteiger partial charge on any atom is -0.377 e. The molecule has 0 atom stereocenters. The van der Waals surface area contributed by atoms with Gasteiger partial charge in [0, 0.05) is 19.8 Å². The Bertz CT molecular complexity index is 324. The highest BCUT2D eigenvalue weighted by molar-refractivity contribution is 5.52. The highest BCUT2D eigenvalue weighted by Gasteiger charge is 2.15. The van der Waals surface area contributed by atoms with E-state index in [1.807, 2.05) is 0 Å². The summed E-state index contributed by atoms with van der Waals surface area (Å²) in [7, 11) is 4.28. The lowest BCUT2D eigenvalue weighted by Gasteiger charge is -2.24. The van der Waals surface area contributed by atoms with Crippen molar-refractivity contribution >= 4 is 5.69 Å². The van der Waals surface area contributed by atoms with E-state index in [1.165, 1.54) is 49.8 Å². The molecule has 1 aliphatic carbocycles. The summed E-state index contributed by atoms with van der Waals surface area (Å²) in [5, 5.41) is 0. The Labute approximate surface area is 99.5 Å². The topological polar surface area (TPSA) is 3.24 Å². The SMILES string of the molecule is CN(C)c1ccccc1CC1CCCCC1. The van der Waals surface area contributed by atoms with Crippen LogP contribution in [0.5, 0.6) is 0 Å². The van der Waals surface area contributed by atoms with Crippen molar-refractivity contribution in [1.29, 1.82) is 0 Å². The lowest BCUT2D eigenvalue weighted by molar-refractivity contribution is 0.357. The molecule has 1 saturated carbocycles. The van der Waals surface area contributed by atoms with E-state index in [-0.39, 0.29) is 0 Å². The van der Waals surface area contributed by atoms with Gasteiger partial charge in [0.25, 0.3) is 0 Å². The summed E-state index contributed by atoms with van der Waals surface area (Å²) in [6, 6.07) is 8.84. The van der Waals surface area contributed by atoms with Gasteiger partial charge in [0.2, 0.25) is 0 Å². The summed E-state index contributed by atoms with van der Waals surface area (Å²) in [6.45, 7) is 0. The molecule has 1 fully saturated rings. The van der Waals surface area contributed by atoms with Crippen LogP contribution in [-0.4, -0.2) is 14.1 Å². The Morgan fingerprint density at radius 1 is 1.06 bits per heavy atom. The van der Waals surface area contributed by atoms with Crippen molar-refractivity contribution in [3.05, 3.63) is 29.8 Å². The van der Waals surface area contributed by atoms with Crippen LogP contribution in [0.2, 0.25) is 0 Å². The molecular weight excluding hydrogens is 194 g/mol. The molecule has 0 N–H and O–H groups in total. The molecule has 0 amide bonds. The van der Waals surface area contributed by atoms with Crippen LogP contribution in [-0.2, 0) is 6.42 Å². The molecule has 1 aromatic carbocycles. The molecule has 2 rings (SSSR count). The molecular formula is C15H23N. The minimum absolute atomic E-state index is 0.926. The van der Waals surface area contributed by atoms with Crippen molar-refractivity contribution in [2.75, 3.05) is 19.0 Å². The van der Waals surface area contributed by atoms with Gasteiger partial charge in [-0.2, -0.15) is 0 Å². The quantitative estimate of drug-likeness (QED) is 0.742. The zero-order valence-corrected chi connectivity index (χ0v) is 10.6. The Balaban J connectivity index is 2.07. The number of rotatable bonds is 3. The van der Waals surface area contributed by atoms with Gasteiger partial charge in [0.1, 0.15) is 0 Å². The first-order valence-electron chi connectivity index (χ1n) is 6.52. The summed E-state index contributed by atoms with van der Waals surface area (Å²) in [6.07, 6.45) is 8.47. The zero-order chi connectivity index (χ0) is 11.4. The van der Waals surface area contributed by atoms with Gasteiger partial charge >= 0.3 is 0 Å². The molecule has 1 aromatic rings. The summed E-state index contributed by atoms with van der Waals surface area (Å²) < 4.78 is 0. The highest BCUT2D eigenvalue weighted by atomic mass is 15.1. The molecule has 0 spiro atoms. The predicted octanol–water partition coefficient (Wildman–Crippen LogP) is 3.88. The summed E-state index contributed by atoms with van der Waals surface area (Å²) in [5.74, 6) is 0.926. The van der Waals surface area contributed by atoms with E-state index in [0.717, 1.165) is 5.92 Å². The maximum atomic E-state index is 2.30. The van der Waals surface area contributed by atoms with Crippen molar-refractivity contribution in [3.63, 3.8) is 0 Å². The average Bonchev–Trinajstić information content (AvgIpc) is 2.31. The Morgan fingerprint density at radius 2 is 1.75 bits per heavy atom. The van der Waals surface area contributed by atoms with Gasteiger partial charge in [-0.1, -0.05) is 50.3 Å². The van der Waals surface area contributed by atoms with Crippen LogP contribution in [0.4, 0.5) is 5.69 Å². The maximum Gasteiger partial charge on any atom is 0.0393 e. The smallest absolute Gasteiger partial charge is 0.0393 e. The van der Waals surface area contributed by atoms with Crippen LogP contribution >= 0.6 is 0 Å². The highest BCUT2D eigenvalue weighted by Crippen LogP contribution is 2.29. The molecule has 1 aliphatic rings. The molecule has 88 valence electrons. The van der Waals surface area contributed by atoms with Gasteiger partial charge < -0.3 is 4.90 Å². The van der Waals surface area contributed by atoms with Crippen molar-refractivity contribution < 1.29 is 0 Å². The van der Waals surface area contributed by atoms with Gasteiger partial charge in [0.05, 0.1) is 0 Å². The fraction of sp³-hybridized carbons (Fsp3) is 0.600. The third-order valence-corrected chi connectivity index (χ3v) is 3.71. The molecule has 0 heterocycles. The third kappa shape index (κ3) is 2.78. The number of para-hydroxylation sites is 1. The standard InChI is InChI=1S/C15H23N/c1-16(2)15-11-7-6-10-14(15)12-13-8-4-3-5-9-13/h6-7,10-11,13H,3-5,8-9,12H2,1-2H3. The Hall–Kier alpha value is -0.980. The van der Waals surface area contributed by atoms with Crippen molar-refractivity contribution in [3.8, 4) is 0 Å². The third-order valence-electron chi connectivity index (χ3n) is 3.71. The number of benzene rings is 1. The molecule has 1 heteroatoms. The first-order chi connectivity index (χ1) is 7.77. The van der Waals surface area contributed by atoms with Crippen LogP contribution in [0.1, 0.15) is 37.7 Å². The van der Waals surface area contributed by atoms with E-state index in [1.54, 1.807) is 0 Å². The number of anilines is 1. The van der Waals surface area contributed by atoms with Gasteiger partial charge in [-0.05, 0) is 24.0 Å². The van der Waals surface area contributed by atoms with E-state index in [4.69, 9.17) is 0 Å². The maximum absolute atomic E-state index is 2.30. The number of hydrogen-bond acceptors (Lipinski definition) is 1. The van der Waals surface area contributed by atoms with Gasteiger partial charge in [-0.25, -0.2) is 0 Å². The van der Waals surface area contributed by atoms with Crippen LogP contribution in [0.3, 0.4) is 0 Å².